The Hall–Kier alpha value is -1.55. The maximum Gasteiger partial charge on any atom is 0.411 e. The SMILES string of the molecule is CCCCC(CC)COC(=O)Nc1ccc(CN2CCC(C)CC2)cc1. The van der Waals surface area contributed by atoms with Gasteiger partial charge in [0.2, 0.25) is 0 Å². The fourth-order valence-electron chi connectivity index (χ4n) is 3.42. The van der Waals surface area contributed by atoms with E-state index in [0.29, 0.717) is 12.5 Å². The molecule has 1 atom stereocenters. The van der Waals surface area contributed by atoms with Crippen molar-refractivity contribution in [2.45, 2.75) is 65.8 Å². The van der Waals surface area contributed by atoms with Crippen molar-refractivity contribution in [3.63, 3.8) is 0 Å². The lowest BCUT2D eigenvalue weighted by Gasteiger charge is -2.30. The molecule has 4 heteroatoms. The smallest absolute Gasteiger partial charge is 0.411 e. The van der Waals surface area contributed by atoms with E-state index in [9.17, 15) is 4.79 Å². The van der Waals surface area contributed by atoms with Gasteiger partial charge in [-0.15, -0.1) is 0 Å². The second-order valence-corrected chi connectivity index (χ2v) is 7.80. The third kappa shape index (κ3) is 7.36. The monoisotopic (exact) mass is 360 g/mol. The van der Waals surface area contributed by atoms with Crippen molar-refractivity contribution in [3.05, 3.63) is 29.8 Å². The van der Waals surface area contributed by atoms with Gasteiger partial charge < -0.3 is 4.74 Å². The lowest BCUT2D eigenvalue weighted by molar-refractivity contribution is 0.136. The summed E-state index contributed by atoms with van der Waals surface area (Å²) < 4.78 is 5.40. The lowest BCUT2D eigenvalue weighted by atomic mass is 9.99. The van der Waals surface area contributed by atoms with Crippen molar-refractivity contribution in [3.8, 4) is 0 Å². The summed E-state index contributed by atoms with van der Waals surface area (Å²) in [6.07, 6.45) is 6.80. The maximum absolute atomic E-state index is 12.0. The van der Waals surface area contributed by atoms with Crippen molar-refractivity contribution in [2.24, 2.45) is 11.8 Å². The molecule has 1 unspecified atom stereocenters. The molecule has 1 aromatic carbocycles. The van der Waals surface area contributed by atoms with Crippen molar-refractivity contribution in [2.75, 3.05) is 25.0 Å². The molecule has 1 aliphatic rings. The third-order valence-electron chi connectivity index (χ3n) is 5.48. The number of amides is 1. The van der Waals surface area contributed by atoms with E-state index in [2.05, 4.69) is 43.1 Å². The van der Waals surface area contributed by atoms with Gasteiger partial charge >= 0.3 is 6.09 Å². The van der Waals surface area contributed by atoms with Gasteiger partial charge in [-0.2, -0.15) is 0 Å². The van der Waals surface area contributed by atoms with E-state index in [0.717, 1.165) is 31.0 Å². The highest BCUT2D eigenvalue weighted by Crippen LogP contribution is 2.19. The first kappa shape index (κ1) is 20.8. The zero-order chi connectivity index (χ0) is 18.8. The van der Waals surface area contributed by atoms with E-state index < -0.39 is 0 Å². The van der Waals surface area contributed by atoms with Crippen LogP contribution in [0.3, 0.4) is 0 Å². The zero-order valence-corrected chi connectivity index (χ0v) is 16.8. The van der Waals surface area contributed by atoms with E-state index in [1.54, 1.807) is 0 Å². The Morgan fingerprint density at radius 2 is 1.92 bits per heavy atom. The van der Waals surface area contributed by atoms with E-state index in [1.807, 2.05) is 12.1 Å². The van der Waals surface area contributed by atoms with Crippen molar-refractivity contribution < 1.29 is 9.53 Å². The van der Waals surface area contributed by atoms with Gasteiger partial charge in [0.05, 0.1) is 6.61 Å². The molecule has 146 valence electrons. The van der Waals surface area contributed by atoms with E-state index >= 15 is 0 Å². The van der Waals surface area contributed by atoms with Crippen LogP contribution in [0.15, 0.2) is 24.3 Å². The van der Waals surface area contributed by atoms with Crippen LogP contribution in [0.4, 0.5) is 10.5 Å². The number of unbranched alkanes of at least 4 members (excludes halogenated alkanes) is 1. The van der Waals surface area contributed by atoms with Gasteiger partial charge in [-0.1, -0.05) is 52.2 Å². The summed E-state index contributed by atoms with van der Waals surface area (Å²) >= 11 is 0. The van der Waals surface area contributed by atoms with Crippen molar-refractivity contribution in [1.29, 1.82) is 0 Å². The van der Waals surface area contributed by atoms with Crippen LogP contribution in [0.5, 0.6) is 0 Å². The number of ether oxygens (including phenoxy) is 1. The molecule has 0 bridgehead atoms. The molecule has 1 aromatic rings. The predicted molar refractivity (Wildman–Crippen MR) is 108 cm³/mol. The number of hydrogen-bond donors (Lipinski definition) is 1. The molecule has 0 aromatic heterocycles. The average molecular weight is 361 g/mol. The fraction of sp³-hybridized carbons (Fsp3) is 0.682. The second-order valence-electron chi connectivity index (χ2n) is 7.80. The van der Waals surface area contributed by atoms with Crippen LogP contribution >= 0.6 is 0 Å². The van der Waals surface area contributed by atoms with Crippen LogP contribution in [-0.4, -0.2) is 30.7 Å². The minimum Gasteiger partial charge on any atom is -0.449 e. The number of likely N-dealkylation sites (tertiary alicyclic amines) is 1. The van der Waals surface area contributed by atoms with Crippen LogP contribution in [0.2, 0.25) is 0 Å². The van der Waals surface area contributed by atoms with Crippen LogP contribution < -0.4 is 5.32 Å². The van der Waals surface area contributed by atoms with Crippen molar-refractivity contribution in [1.82, 2.24) is 4.90 Å². The Morgan fingerprint density at radius 1 is 1.23 bits per heavy atom. The molecule has 0 radical (unpaired) electrons. The number of piperidine rings is 1. The molecule has 26 heavy (non-hydrogen) atoms. The first-order valence-electron chi connectivity index (χ1n) is 10.4. The number of rotatable bonds is 9. The molecule has 1 N–H and O–H groups in total. The molecular formula is C22H36N2O2. The number of nitrogens with zero attached hydrogens (tertiary/aromatic N) is 1. The summed E-state index contributed by atoms with van der Waals surface area (Å²) in [7, 11) is 0. The molecule has 4 nitrogen and oxygen atoms in total. The Labute approximate surface area is 159 Å². The van der Waals surface area contributed by atoms with Gasteiger partial charge in [0.1, 0.15) is 0 Å². The minimum atomic E-state index is -0.349. The first-order valence-corrected chi connectivity index (χ1v) is 10.4. The molecule has 1 saturated heterocycles. The summed E-state index contributed by atoms with van der Waals surface area (Å²) in [6, 6.07) is 8.14. The predicted octanol–water partition coefficient (Wildman–Crippen LogP) is 5.68. The summed E-state index contributed by atoms with van der Waals surface area (Å²) in [5.41, 5.74) is 2.09. The normalized spacial score (nSPS) is 17.0. The molecule has 1 heterocycles. The number of nitrogens with one attached hydrogen (secondary N) is 1. The summed E-state index contributed by atoms with van der Waals surface area (Å²) in [6.45, 7) is 10.6. The molecule has 0 spiro atoms. The molecule has 1 aliphatic heterocycles. The number of anilines is 1. The summed E-state index contributed by atoms with van der Waals surface area (Å²) in [5.74, 6) is 1.33. The molecule has 0 aliphatic carbocycles. The standard InChI is InChI=1S/C22H36N2O2/c1-4-6-7-19(5-2)17-26-22(25)23-21-10-8-20(9-11-21)16-24-14-12-18(3)13-15-24/h8-11,18-19H,4-7,12-17H2,1-3H3,(H,23,25). The Balaban J connectivity index is 1.73. The summed E-state index contributed by atoms with van der Waals surface area (Å²) in [5, 5.41) is 2.84. The molecule has 2 rings (SSSR count). The van der Waals surface area contributed by atoms with Crippen LogP contribution in [-0.2, 0) is 11.3 Å². The second kappa shape index (κ2) is 11.2. The highest BCUT2D eigenvalue weighted by molar-refractivity contribution is 5.84. The van der Waals surface area contributed by atoms with Gasteiger partial charge in [-0.25, -0.2) is 4.79 Å². The third-order valence-corrected chi connectivity index (χ3v) is 5.48. The van der Waals surface area contributed by atoms with Crippen molar-refractivity contribution >= 4 is 11.8 Å². The summed E-state index contributed by atoms with van der Waals surface area (Å²) in [4.78, 5) is 14.5. The van der Waals surface area contributed by atoms with Gasteiger partial charge in [-0.05, 0) is 61.9 Å². The number of benzene rings is 1. The van der Waals surface area contributed by atoms with Crippen LogP contribution in [0, 0.1) is 11.8 Å². The highest BCUT2D eigenvalue weighted by atomic mass is 16.5. The molecular weight excluding hydrogens is 324 g/mol. The highest BCUT2D eigenvalue weighted by Gasteiger charge is 2.15. The first-order chi connectivity index (χ1) is 12.6. The minimum absolute atomic E-state index is 0.349. The molecule has 0 saturated carbocycles. The van der Waals surface area contributed by atoms with Gasteiger partial charge in [0, 0.05) is 12.2 Å². The van der Waals surface area contributed by atoms with Gasteiger partial charge in [-0.3, -0.25) is 10.2 Å². The van der Waals surface area contributed by atoms with Gasteiger partial charge in [0.25, 0.3) is 0 Å². The Kier molecular flexibility index (Phi) is 8.96. The number of carbonyl (C=O) groups excluding carboxylic acids is 1. The molecule has 1 fully saturated rings. The van der Waals surface area contributed by atoms with E-state index in [1.165, 1.54) is 44.3 Å². The maximum atomic E-state index is 12.0. The fourth-order valence-corrected chi connectivity index (χ4v) is 3.42. The Morgan fingerprint density at radius 3 is 2.54 bits per heavy atom. The van der Waals surface area contributed by atoms with Crippen LogP contribution in [0.25, 0.3) is 0 Å². The average Bonchev–Trinajstić information content (AvgIpc) is 2.65. The molecule has 1 amide bonds. The topological polar surface area (TPSA) is 41.6 Å². The van der Waals surface area contributed by atoms with Crippen LogP contribution in [0.1, 0.15) is 64.9 Å². The lowest BCUT2D eigenvalue weighted by Crippen LogP contribution is -2.32. The number of hydrogen-bond acceptors (Lipinski definition) is 3. The quantitative estimate of drug-likeness (QED) is 0.615. The zero-order valence-electron chi connectivity index (χ0n) is 16.8. The Bertz CT molecular complexity index is 521. The van der Waals surface area contributed by atoms with E-state index in [4.69, 9.17) is 4.74 Å². The van der Waals surface area contributed by atoms with Gasteiger partial charge in [0.15, 0.2) is 0 Å². The number of carbonyl (C=O) groups is 1. The van der Waals surface area contributed by atoms with E-state index in [-0.39, 0.29) is 6.09 Å². The largest absolute Gasteiger partial charge is 0.449 e.